The van der Waals surface area contributed by atoms with Crippen LogP contribution in [0.1, 0.15) is 136 Å². The molecular formula is C27H48O4. The molecule has 0 rings (SSSR count). The van der Waals surface area contributed by atoms with E-state index in [0.717, 1.165) is 51.4 Å². The van der Waals surface area contributed by atoms with Crippen LogP contribution >= 0.6 is 0 Å². The molecular weight excluding hydrogens is 388 g/mol. The summed E-state index contributed by atoms with van der Waals surface area (Å²) in [6.45, 7) is 6.55. The van der Waals surface area contributed by atoms with Crippen LogP contribution in [0.25, 0.3) is 0 Å². The molecule has 4 nitrogen and oxygen atoms in total. The number of rotatable bonds is 21. The van der Waals surface area contributed by atoms with Gasteiger partial charge in [-0.2, -0.15) is 0 Å². The van der Waals surface area contributed by atoms with Gasteiger partial charge in [0.25, 0.3) is 0 Å². The normalized spacial score (nSPS) is 11.5. The van der Waals surface area contributed by atoms with Crippen LogP contribution in [0.15, 0.2) is 0 Å². The fourth-order valence-corrected chi connectivity index (χ4v) is 3.51. The van der Waals surface area contributed by atoms with Gasteiger partial charge in [-0.15, -0.1) is 5.92 Å². The molecule has 0 N–H and O–H groups in total. The predicted octanol–water partition coefficient (Wildman–Crippen LogP) is 7.53. The molecule has 180 valence electrons. The van der Waals surface area contributed by atoms with Crippen LogP contribution in [0, 0.1) is 11.8 Å². The van der Waals surface area contributed by atoms with E-state index in [9.17, 15) is 9.59 Å². The van der Waals surface area contributed by atoms with E-state index in [-0.39, 0.29) is 18.0 Å². The number of hydrogen-bond donors (Lipinski definition) is 0. The van der Waals surface area contributed by atoms with Crippen molar-refractivity contribution in [2.24, 2.45) is 0 Å². The van der Waals surface area contributed by atoms with Gasteiger partial charge in [-0.25, -0.2) is 0 Å². The van der Waals surface area contributed by atoms with Crippen molar-refractivity contribution < 1.29 is 19.1 Å². The molecule has 0 amide bonds. The van der Waals surface area contributed by atoms with E-state index in [0.29, 0.717) is 19.4 Å². The Morgan fingerprint density at radius 1 is 0.677 bits per heavy atom. The third-order valence-electron chi connectivity index (χ3n) is 5.47. The summed E-state index contributed by atoms with van der Waals surface area (Å²) < 4.78 is 10.7. The van der Waals surface area contributed by atoms with Gasteiger partial charge in [-0.05, 0) is 32.6 Å². The fourth-order valence-electron chi connectivity index (χ4n) is 3.51. The van der Waals surface area contributed by atoms with Crippen LogP contribution in [-0.2, 0) is 19.1 Å². The second-order valence-electron chi connectivity index (χ2n) is 8.45. The van der Waals surface area contributed by atoms with E-state index in [1.54, 1.807) is 6.92 Å². The molecule has 0 aliphatic rings. The van der Waals surface area contributed by atoms with Crippen molar-refractivity contribution in [1.29, 1.82) is 0 Å². The second-order valence-corrected chi connectivity index (χ2v) is 8.45. The first-order valence-corrected chi connectivity index (χ1v) is 12.9. The standard InChI is InChI=1S/C27H48O4/c1-4-7-8-9-10-11-14-17-20-24-30-26(28)22-18-15-12-13-16-19-23-27(29)31-25(6-3)21-5-2/h25H,4,6-20,22-24H2,1-3H3. The summed E-state index contributed by atoms with van der Waals surface area (Å²) in [5.74, 6) is 5.49. The largest absolute Gasteiger partial charge is 0.466 e. The Morgan fingerprint density at radius 3 is 1.68 bits per heavy atom. The van der Waals surface area contributed by atoms with Gasteiger partial charge in [0.05, 0.1) is 6.61 Å². The molecule has 0 heterocycles. The fraction of sp³-hybridized carbons (Fsp3) is 0.852. The van der Waals surface area contributed by atoms with E-state index in [1.807, 2.05) is 6.92 Å². The Bertz CT molecular complexity index is 489. The highest BCUT2D eigenvalue weighted by Gasteiger charge is 2.09. The maximum Gasteiger partial charge on any atom is 0.307 e. The first-order valence-electron chi connectivity index (χ1n) is 12.9. The highest BCUT2D eigenvalue weighted by atomic mass is 16.5. The van der Waals surface area contributed by atoms with Gasteiger partial charge < -0.3 is 9.47 Å². The third kappa shape index (κ3) is 21.5. The van der Waals surface area contributed by atoms with Crippen LogP contribution < -0.4 is 0 Å². The molecule has 4 heteroatoms. The van der Waals surface area contributed by atoms with E-state index < -0.39 is 0 Å². The number of esters is 2. The topological polar surface area (TPSA) is 52.6 Å². The van der Waals surface area contributed by atoms with Crippen LogP contribution in [0.2, 0.25) is 0 Å². The van der Waals surface area contributed by atoms with Gasteiger partial charge in [0.15, 0.2) is 6.10 Å². The van der Waals surface area contributed by atoms with Crippen molar-refractivity contribution in [3.05, 3.63) is 0 Å². The molecule has 0 aromatic carbocycles. The van der Waals surface area contributed by atoms with E-state index in [2.05, 4.69) is 18.8 Å². The first-order chi connectivity index (χ1) is 15.1. The highest BCUT2D eigenvalue weighted by molar-refractivity contribution is 5.69. The number of carbonyl (C=O) groups excluding carboxylic acids is 2. The lowest BCUT2D eigenvalue weighted by molar-refractivity contribution is -0.147. The molecule has 0 saturated carbocycles. The highest BCUT2D eigenvalue weighted by Crippen LogP contribution is 2.12. The SMILES string of the molecule is CC#CC(CC)OC(=O)CCCCCCCCC(=O)OCCCCCCCCCCC. The van der Waals surface area contributed by atoms with Crippen molar-refractivity contribution in [2.45, 2.75) is 142 Å². The Balaban J connectivity index is 3.37. The van der Waals surface area contributed by atoms with E-state index in [4.69, 9.17) is 9.47 Å². The molecule has 0 saturated heterocycles. The van der Waals surface area contributed by atoms with E-state index >= 15 is 0 Å². The molecule has 0 aromatic rings. The van der Waals surface area contributed by atoms with Crippen LogP contribution in [-0.4, -0.2) is 24.6 Å². The summed E-state index contributed by atoms with van der Waals surface area (Å²) in [4.78, 5) is 23.5. The summed E-state index contributed by atoms with van der Waals surface area (Å²) in [5.41, 5.74) is 0. The molecule has 31 heavy (non-hydrogen) atoms. The molecule has 0 radical (unpaired) electrons. The van der Waals surface area contributed by atoms with Crippen LogP contribution in [0.5, 0.6) is 0 Å². The van der Waals surface area contributed by atoms with Crippen molar-refractivity contribution in [3.8, 4) is 11.8 Å². The average Bonchev–Trinajstić information content (AvgIpc) is 2.76. The van der Waals surface area contributed by atoms with Gasteiger partial charge in [0.1, 0.15) is 0 Å². The Labute approximate surface area is 192 Å². The molecule has 0 bridgehead atoms. The van der Waals surface area contributed by atoms with Gasteiger partial charge in [0, 0.05) is 12.8 Å². The lowest BCUT2D eigenvalue weighted by atomic mass is 10.1. The second kappa shape index (κ2) is 23.2. The first kappa shape index (κ1) is 29.5. The summed E-state index contributed by atoms with van der Waals surface area (Å²) >= 11 is 0. The molecule has 0 fully saturated rings. The van der Waals surface area contributed by atoms with Crippen molar-refractivity contribution in [1.82, 2.24) is 0 Å². The zero-order chi connectivity index (χ0) is 23.0. The van der Waals surface area contributed by atoms with Crippen molar-refractivity contribution >= 4 is 11.9 Å². The summed E-state index contributed by atoms with van der Waals surface area (Å²) in [7, 11) is 0. The number of carbonyl (C=O) groups is 2. The maximum atomic E-state index is 11.8. The molecule has 0 spiro atoms. The van der Waals surface area contributed by atoms with Crippen molar-refractivity contribution in [3.63, 3.8) is 0 Å². The molecule has 0 aliphatic heterocycles. The minimum atomic E-state index is -0.266. The molecule has 1 unspecified atom stereocenters. The summed E-state index contributed by atoms with van der Waals surface area (Å²) in [6, 6.07) is 0. The van der Waals surface area contributed by atoms with E-state index in [1.165, 1.54) is 51.4 Å². The van der Waals surface area contributed by atoms with Gasteiger partial charge in [0.2, 0.25) is 0 Å². The Hall–Kier alpha value is -1.50. The van der Waals surface area contributed by atoms with Crippen molar-refractivity contribution in [2.75, 3.05) is 6.61 Å². The quantitative estimate of drug-likeness (QED) is 0.106. The number of unbranched alkanes of at least 4 members (excludes halogenated alkanes) is 13. The molecule has 0 aromatic heterocycles. The van der Waals surface area contributed by atoms with Crippen LogP contribution in [0.4, 0.5) is 0 Å². The molecule has 1 atom stereocenters. The Morgan fingerprint density at radius 2 is 1.16 bits per heavy atom. The lowest BCUT2D eigenvalue weighted by Gasteiger charge is -2.10. The predicted molar refractivity (Wildman–Crippen MR) is 129 cm³/mol. The number of hydrogen-bond acceptors (Lipinski definition) is 4. The number of ether oxygens (including phenoxy) is 2. The van der Waals surface area contributed by atoms with Crippen LogP contribution in [0.3, 0.4) is 0 Å². The Kier molecular flexibility index (Phi) is 22.0. The minimum Gasteiger partial charge on any atom is -0.466 e. The van der Waals surface area contributed by atoms with Gasteiger partial charge in [-0.3, -0.25) is 9.59 Å². The molecule has 0 aliphatic carbocycles. The smallest absolute Gasteiger partial charge is 0.307 e. The lowest BCUT2D eigenvalue weighted by Crippen LogP contribution is -2.15. The zero-order valence-electron chi connectivity index (χ0n) is 20.6. The minimum absolute atomic E-state index is 0.0528. The third-order valence-corrected chi connectivity index (χ3v) is 5.47. The maximum absolute atomic E-state index is 11.8. The summed E-state index contributed by atoms with van der Waals surface area (Å²) in [6.07, 6.45) is 18.9. The summed E-state index contributed by atoms with van der Waals surface area (Å²) in [5, 5.41) is 0. The monoisotopic (exact) mass is 436 g/mol. The average molecular weight is 437 g/mol. The zero-order valence-corrected chi connectivity index (χ0v) is 20.6. The van der Waals surface area contributed by atoms with Gasteiger partial charge >= 0.3 is 11.9 Å². The van der Waals surface area contributed by atoms with Gasteiger partial charge in [-0.1, -0.05) is 96.8 Å².